The average molecular weight is 262 g/mol. The SMILES string of the molecule is Cn1c(=O)oc2cc(Br)c(Cl)cc21. The second-order valence-electron chi connectivity index (χ2n) is 2.66. The Bertz CT molecular complexity index is 529. The first-order chi connectivity index (χ1) is 6.09. The molecular formula is C8H5BrClNO2. The van der Waals surface area contributed by atoms with Gasteiger partial charge >= 0.3 is 5.76 Å². The molecule has 0 fully saturated rings. The van der Waals surface area contributed by atoms with Gasteiger partial charge in [0.2, 0.25) is 0 Å². The number of benzene rings is 1. The molecule has 0 saturated heterocycles. The molecule has 0 spiro atoms. The van der Waals surface area contributed by atoms with Crippen molar-refractivity contribution < 1.29 is 4.42 Å². The molecule has 2 rings (SSSR count). The fourth-order valence-corrected chi connectivity index (χ4v) is 1.60. The van der Waals surface area contributed by atoms with E-state index < -0.39 is 0 Å². The van der Waals surface area contributed by atoms with Crippen molar-refractivity contribution in [3.8, 4) is 0 Å². The third kappa shape index (κ3) is 1.30. The summed E-state index contributed by atoms with van der Waals surface area (Å²) in [5.41, 5.74) is 1.22. The Morgan fingerprint density at radius 1 is 1.54 bits per heavy atom. The van der Waals surface area contributed by atoms with Crippen molar-refractivity contribution in [3.05, 3.63) is 32.2 Å². The molecule has 68 valence electrons. The zero-order valence-electron chi connectivity index (χ0n) is 6.67. The average Bonchev–Trinajstić information content (AvgIpc) is 2.32. The zero-order valence-corrected chi connectivity index (χ0v) is 9.02. The Balaban J connectivity index is 2.97. The summed E-state index contributed by atoms with van der Waals surface area (Å²) in [5, 5.41) is 0.559. The highest BCUT2D eigenvalue weighted by Crippen LogP contribution is 2.27. The van der Waals surface area contributed by atoms with Crippen LogP contribution in [0.25, 0.3) is 11.1 Å². The van der Waals surface area contributed by atoms with Gasteiger partial charge in [-0.3, -0.25) is 4.57 Å². The zero-order chi connectivity index (χ0) is 9.59. The number of oxazole rings is 1. The summed E-state index contributed by atoms with van der Waals surface area (Å²) in [6.45, 7) is 0. The van der Waals surface area contributed by atoms with E-state index in [2.05, 4.69) is 15.9 Å². The quantitative estimate of drug-likeness (QED) is 0.731. The maximum Gasteiger partial charge on any atom is 0.419 e. The third-order valence-electron chi connectivity index (χ3n) is 1.83. The van der Waals surface area contributed by atoms with E-state index in [-0.39, 0.29) is 5.76 Å². The summed E-state index contributed by atoms with van der Waals surface area (Å²) >= 11 is 9.11. The Hall–Kier alpha value is -0.740. The van der Waals surface area contributed by atoms with Crippen molar-refractivity contribution in [2.24, 2.45) is 7.05 Å². The first-order valence-corrected chi connectivity index (χ1v) is 4.71. The smallest absolute Gasteiger partial charge is 0.408 e. The monoisotopic (exact) mass is 261 g/mol. The van der Waals surface area contributed by atoms with Gasteiger partial charge in [-0.15, -0.1) is 0 Å². The summed E-state index contributed by atoms with van der Waals surface area (Å²) in [6, 6.07) is 3.37. The molecule has 2 aromatic rings. The van der Waals surface area contributed by atoms with Crippen LogP contribution in [0.1, 0.15) is 0 Å². The van der Waals surface area contributed by atoms with Gasteiger partial charge in [0.1, 0.15) is 0 Å². The molecule has 0 atom stereocenters. The fourth-order valence-electron chi connectivity index (χ4n) is 1.12. The van der Waals surface area contributed by atoms with Gasteiger partial charge in [-0.05, 0) is 28.1 Å². The van der Waals surface area contributed by atoms with E-state index >= 15 is 0 Å². The van der Waals surface area contributed by atoms with Gasteiger partial charge in [0.15, 0.2) is 5.58 Å². The topological polar surface area (TPSA) is 35.1 Å². The summed E-state index contributed by atoms with van der Waals surface area (Å²) in [5.74, 6) is -0.385. The normalized spacial score (nSPS) is 11.0. The number of fused-ring (bicyclic) bond motifs is 1. The highest BCUT2D eigenvalue weighted by Gasteiger charge is 2.08. The largest absolute Gasteiger partial charge is 0.419 e. The summed E-state index contributed by atoms with van der Waals surface area (Å²) in [6.07, 6.45) is 0. The lowest BCUT2D eigenvalue weighted by Gasteiger charge is -1.95. The van der Waals surface area contributed by atoms with E-state index in [0.717, 1.165) is 4.47 Å². The van der Waals surface area contributed by atoms with Crippen LogP contribution in [0.3, 0.4) is 0 Å². The van der Waals surface area contributed by atoms with Crippen LogP contribution in [0.15, 0.2) is 25.8 Å². The van der Waals surface area contributed by atoms with Gasteiger partial charge in [-0.1, -0.05) is 11.6 Å². The summed E-state index contributed by atoms with van der Waals surface area (Å²) in [7, 11) is 1.64. The van der Waals surface area contributed by atoms with Crippen molar-refractivity contribution in [1.29, 1.82) is 0 Å². The van der Waals surface area contributed by atoms with Gasteiger partial charge in [0, 0.05) is 11.5 Å². The lowest BCUT2D eigenvalue weighted by molar-refractivity contribution is 0.528. The molecule has 0 amide bonds. The number of hydrogen-bond acceptors (Lipinski definition) is 2. The van der Waals surface area contributed by atoms with Crippen LogP contribution in [0.4, 0.5) is 0 Å². The standard InChI is InChI=1S/C8H5BrClNO2/c1-11-6-3-5(10)4(9)2-7(6)13-8(11)12/h2-3H,1H3. The van der Waals surface area contributed by atoms with E-state index in [1.807, 2.05) is 0 Å². The molecule has 0 bridgehead atoms. The molecule has 0 aliphatic heterocycles. The second kappa shape index (κ2) is 2.89. The predicted molar refractivity (Wildman–Crippen MR) is 54.2 cm³/mol. The Labute approximate surface area is 87.0 Å². The van der Waals surface area contributed by atoms with Crippen molar-refractivity contribution in [1.82, 2.24) is 4.57 Å². The Morgan fingerprint density at radius 2 is 2.23 bits per heavy atom. The lowest BCUT2D eigenvalue weighted by Crippen LogP contribution is -2.08. The maximum atomic E-state index is 11.1. The summed E-state index contributed by atoms with van der Waals surface area (Å²) < 4.78 is 7.08. The molecular weight excluding hydrogens is 257 g/mol. The minimum absolute atomic E-state index is 0.385. The molecule has 0 unspecified atom stereocenters. The number of rotatable bonds is 0. The highest BCUT2D eigenvalue weighted by molar-refractivity contribution is 9.10. The molecule has 0 saturated carbocycles. The second-order valence-corrected chi connectivity index (χ2v) is 3.92. The van der Waals surface area contributed by atoms with Crippen molar-refractivity contribution in [3.63, 3.8) is 0 Å². The van der Waals surface area contributed by atoms with Crippen LogP contribution in [-0.2, 0) is 7.05 Å². The van der Waals surface area contributed by atoms with Crippen LogP contribution < -0.4 is 5.76 Å². The maximum absolute atomic E-state index is 11.1. The molecule has 13 heavy (non-hydrogen) atoms. The number of hydrogen-bond donors (Lipinski definition) is 0. The van der Waals surface area contributed by atoms with Crippen molar-refractivity contribution in [2.45, 2.75) is 0 Å². The molecule has 0 aliphatic rings. The molecule has 0 aliphatic carbocycles. The molecule has 0 radical (unpaired) electrons. The highest BCUT2D eigenvalue weighted by atomic mass is 79.9. The molecule has 0 N–H and O–H groups in total. The molecule has 1 aromatic heterocycles. The van der Waals surface area contributed by atoms with E-state index in [9.17, 15) is 4.79 Å². The van der Waals surface area contributed by atoms with Crippen LogP contribution in [-0.4, -0.2) is 4.57 Å². The first-order valence-electron chi connectivity index (χ1n) is 3.54. The van der Waals surface area contributed by atoms with Gasteiger partial charge in [0.05, 0.1) is 10.5 Å². The molecule has 1 heterocycles. The van der Waals surface area contributed by atoms with Crippen LogP contribution in [0, 0.1) is 0 Å². The molecule has 3 nitrogen and oxygen atoms in total. The number of aryl methyl sites for hydroxylation is 1. The first kappa shape index (κ1) is 8.84. The van der Waals surface area contributed by atoms with Gasteiger partial charge < -0.3 is 4.42 Å². The number of aromatic nitrogens is 1. The Morgan fingerprint density at radius 3 is 2.92 bits per heavy atom. The minimum atomic E-state index is -0.385. The van der Waals surface area contributed by atoms with Crippen LogP contribution >= 0.6 is 27.5 Å². The van der Waals surface area contributed by atoms with Crippen LogP contribution in [0.5, 0.6) is 0 Å². The molecule has 5 heteroatoms. The van der Waals surface area contributed by atoms with E-state index in [1.54, 1.807) is 19.2 Å². The van der Waals surface area contributed by atoms with Gasteiger partial charge in [-0.25, -0.2) is 4.79 Å². The Kier molecular flexibility index (Phi) is 1.96. The summed E-state index contributed by atoms with van der Waals surface area (Å²) in [4.78, 5) is 11.1. The van der Waals surface area contributed by atoms with Crippen molar-refractivity contribution in [2.75, 3.05) is 0 Å². The third-order valence-corrected chi connectivity index (χ3v) is 3.03. The van der Waals surface area contributed by atoms with E-state index in [4.69, 9.17) is 16.0 Å². The predicted octanol–water partition coefficient (Wildman–Crippen LogP) is 2.55. The van der Waals surface area contributed by atoms with E-state index in [0.29, 0.717) is 16.1 Å². The minimum Gasteiger partial charge on any atom is -0.408 e. The van der Waals surface area contributed by atoms with Crippen LogP contribution in [0.2, 0.25) is 5.02 Å². The molecule has 1 aromatic carbocycles. The van der Waals surface area contributed by atoms with Gasteiger partial charge in [0.25, 0.3) is 0 Å². The van der Waals surface area contributed by atoms with Gasteiger partial charge in [-0.2, -0.15) is 0 Å². The van der Waals surface area contributed by atoms with Crippen molar-refractivity contribution >= 4 is 38.6 Å². The number of halogens is 2. The van der Waals surface area contributed by atoms with E-state index in [1.165, 1.54) is 4.57 Å². The fraction of sp³-hybridized carbons (Fsp3) is 0.125. The lowest BCUT2D eigenvalue weighted by atomic mass is 10.3. The number of nitrogens with zero attached hydrogens (tertiary/aromatic N) is 1.